The van der Waals surface area contributed by atoms with Crippen LogP contribution in [0.5, 0.6) is 0 Å². The standard InChI is InChI=1S/C16H29N3O3S/c1-2-17-16-19-13-14(21)12(20)8-11(22-15(13)23-16)9-18-10-6-4-3-5-7-10/h10-15,18,20-21H,2-9H2,1H3,(H,17,19)/t11?,12-,13-,14?,15-/m1/s1. The monoisotopic (exact) mass is 343 g/mol. The zero-order valence-corrected chi connectivity index (χ0v) is 14.6. The normalized spacial score (nSPS) is 40.7. The Labute approximate surface area is 142 Å². The van der Waals surface area contributed by atoms with Gasteiger partial charge >= 0.3 is 0 Å². The molecule has 2 aliphatic heterocycles. The fourth-order valence-corrected chi connectivity index (χ4v) is 4.86. The van der Waals surface area contributed by atoms with E-state index >= 15 is 0 Å². The quantitative estimate of drug-likeness (QED) is 0.605. The summed E-state index contributed by atoms with van der Waals surface area (Å²) in [6.07, 6.45) is 5.20. The maximum absolute atomic E-state index is 10.4. The summed E-state index contributed by atoms with van der Waals surface area (Å²) < 4.78 is 6.18. The molecule has 0 spiro atoms. The fraction of sp³-hybridized carbons (Fsp3) is 0.938. The fourth-order valence-electron chi connectivity index (χ4n) is 3.64. The minimum Gasteiger partial charge on any atom is -0.390 e. The average Bonchev–Trinajstić information content (AvgIpc) is 2.91. The number of aliphatic hydroxyl groups is 2. The first-order chi connectivity index (χ1) is 11.2. The summed E-state index contributed by atoms with van der Waals surface area (Å²) in [5.74, 6) is 0. The number of hydrogen-bond donors (Lipinski definition) is 4. The maximum atomic E-state index is 10.4. The second-order valence-corrected chi connectivity index (χ2v) is 7.82. The van der Waals surface area contributed by atoms with Crippen LogP contribution in [0.25, 0.3) is 0 Å². The Kier molecular flexibility index (Phi) is 6.20. The van der Waals surface area contributed by atoms with Crippen molar-refractivity contribution in [1.82, 2.24) is 10.6 Å². The van der Waals surface area contributed by atoms with E-state index in [-0.39, 0.29) is 17.6 Å². The number of thioether (sulfide) groups is 1. The summed E-state index contributed by atoms with van der Waals surface area (Å²) in [6.45, 7) is 3.41. The SMILES string of the molecule is CCN=C1N[C@@H]2C(O)[C@H](O)CC(CNC3CCCCC3)O[C@@H]2S1. The van der Waals surface area contributed by atoms with Crippen molar-refractivity contribution in [3.8, 4) is 0 Å². The van der Waals surface area contributed by atoms with Crippen LogP contribution in [0.3, 0.4) is 0 Å². The topological polar surface area (TPSA) is 86.1 Å². The number of nitrogens with one attached hydrogen (secondary N) is 2. The molecule has 3 fully saturated rings. The van der Waals surface area contributed by atoms with Gasteiger partial charge in [0.05, 0.1) is 18.2 Å². The lowest BCUT2D eigenvalue weighted by atomic mass is 9.95. The van der Waals surface area contributed by atoms with Gasteiger partial charge in [-0.05, 0) is 19.8 Å². The highest BCUT2D eigenvalue weighted by molar-refractivity contribution is 8.14. The van der Waals surface area contributed by atoms with Crippen LogP contribution in [0.2, 0.25) is 0 Å². The van der Waals surface area contributed by atoms with E-state index in [4.69, 9.17) is 4.74 Å². The summed E-state index contributed by atoms with van der Waals surface area (Å²) in [6, 6.07) is 0.278. The number of aliphatic imine (C=N–C) groups is 1. The van der Waals surface area contributed by atoms with E-state index in [2.05, 4.69) is 15.6 Å². The van der Waals surface area contributed by atoms with Gasteiger partial charge in [0.1, 0.15) is 11.5 Å². The lowest BCUT2D eigenvalue weighted by Crippen LogP contribution is -2.47. The molecule has 3 aliphatic rings. The number of rotatable bonds is 4. The molecule has 0 aromatic carbocycles. The second-order valence-electron chi connectivity index (χ2n) is 6.73. The predicted molar refractivity (Wildman–Crippen MR) is 92.7 cm³/mol. The number of aliphatic hydroxyl groups excluding tert-OH is 2. The summed E-state index contributed by atoms with van der Waals surface area (Å²) in [5, 5.41) is 28.2. The molecule has 1 aliphatic carbocycles. The van der Waals surface area contributed by atoms with Gasteiger partial charge in [-0.25, -0.2) is 0 Å². The molecule has 7 heteroatoms. The number of fused-ring (bicyclic) bond motifs is 1. The Hall–Kier alpha value is -0.340. The highest BCUT2D eigenvalue weighted by atomic mass is 32.2. The molecule has 4 N–H and O–H groups in total. The molecule has 132 valence electrons. The number of amidine groups is 1. The first-order valence-electron chi connectivity index (χ1n) is 8.90. The highest BCUT2D eigenvalue weighted by Crippen LogP contribution is 2.33. The van der Waals surface area contributed by atoms with E-state index in [0.717, 1.165) is 11.7 Å². The predicted octanol–water partition coefficient (Wildman–Crippen LogP) is 0.826. The Morgan fingerprint density at radius 2 is 2.09 bits per heavy atom. The third-order valence-electron chi connectivity index (χ3n) is 4.95. The first kappa shape index (κ1) is 17.5. The van der Waals surface area contributed by atoms with Crippen molar-refractivity contribution in [2.75, 3.05) is 13.1 Å². The van der Waals surface area contributed by atoms with Crippen molar-refractivity contribution < 1.29 is 14.9 Å². The summed E-state index contributed by atoms with van der Waals surface area (Å²) in [5.41, 5.74) is -0.189. The molecule has 2 saturated heterocycles. The van der Waals surface area contributed by atoms with Crippen LogP contribution in [-0.2, 0) is 4.74 Å². The van der Waals surface area contributed by atoms with Crippen LogP contribution in [0, 0.1) is 0 Å². The van der Waals surface area contributed by atoms with Crippen LogP contribution < -0.4 is 10.6 Å². The zero-order chi connectivity index (χ0) is 16.2. The van der Waals surface area contributed by atoms with Crippen LogP contribution in [-0.4, -0.2) is 64.3 Å². The molecule has 1 saturated carbocycles. The zero-order valence-electron chi connectivity index (χ0n) is 13.8. The van der Waals surface area contributed by atoms with Gasteiger partial charge in [-0.1, -0.05) is 31.0 Å². The average molecular weight is 343 g/mol. The van der Waals surface area contributed by atoms with Crippen molar-refractivity contribution in [2.24, 2.45) is 4.99 Å². The molecule has 2 heterocycles. The molecule has 23 heavy (non-hydrogen) atoms. The van der Waals surface area contributed by atoms with E-state index < -0.39 is 12.2 Å². The lowest BCUT2D eigenvalue weighted by Gasteiger charge is -2.26. The van der Waals surface area contributed by atoms with Gasteiger partial charge in [-0.15, -0.1) is 0 Å². The smallest absolute Gasteiger partial charge is 0.159 e. The van der Waals surface area contributed by atoms with Crippen molar-refractivity contribution in [1.29, 1.82) is 0 Å². The Bertz CT molecular complexity index is 417. The second kappa shape index (κ2) is 8.16. The van der Waals surface area contributed by atoms with Gasteiger partial charge in [-0.2, -0.15) is 0 Å². The van der Waals surface area contributed by atoms with Gasteiger partial charge in [0.25, 0.3) is 0 Å². The summed E-state index contributed by atoms with van der Waals surface area (Å²) in [7, 11) is 0. The summed E-state index contributed by atoms with van der Waals surface area (Å²) in [4.78, 5) is 4.36. The molecule has 2 unspecified atom stereocenters. The minimum atomic E-state index is -0.822. The maximum Gasteiger partial charge on any atom is 0.159 e. The van der Waals surface area contributed by atoms with Gasteiger partial charge < -0.3 is 25.6 Å². The van der Waals surface area contributed by atoms with Crippen molar-refractivity contribution >= 4 is 16.9 Å². The molecule has 0 aromatic rings. The van der Waals surface area contributed by atoms with Crippen molar-refractivity contribution in [3.05, 3.63) is 0 Å². The first-order valence-corrected chi connectivity index (χ1v) is 9.78. The van der Waals surface area contributed by atoms with Gasteiger partial charge in [-0.3, -0.25) is 4.99 Å². The van der Waals surface area contributed by atoms with E-state index in [1.54, 1.807) is 0 Å². The van der Waals surface area contributed by atoms with E-state index in [0.29, 0.717) is 19.0 Å². The number of hydrogen-bond acceptors (Lipinski definition) is 6. The van der Waals surface area contributed by atoms with Crippen LogP contribution in [0.1, 0.15) is 45.4 Å². The van der Waals surface area contributed by atoms with E-state index in [1.807, 2.05) is 6.92 Å². The molecule has 3 rings (SSSR count). The largest absolute Gasteiger partial charge is 0.390 e. The van der Waals surface area contributed by atoms with Crippen LogP contribution in [0.15, 0.2) is 4.99 Å². The van der Waals surface area contributed by atoms with Crippen LogP contribution >= 0.6 is 11.8 Å². The number of nitrogens with zero attached hydrogens (tertiary/aromatic N) is 1. The third kappa shape index (κ3) is 4.39. The van der Waals surface area contributed by atoms with Crippen molar-refractivity contribution in [2.45, 2.75) is 81.3 Å². The van der Waals surface area contributed by atoms with Gasteiger partial charge in [0.2, 0.25) is 0 Å². The molecule has 0 radical (unpaired) electrons. The summed E-state index contributed by atoms with van der Waals surface area (Å²) >= 11 is 1.52. The Morgan fingerprint density at radius 1 is 1.30 bits per heavy atom. The molecular weight excluding hydrogens is 314 g/mol. The molecular formula is C16H29N3O3S. The van der Waals surface area contributed by atoms with E-state index in [9.17, 15) is 10.2 Å². The molecule has 6 nitrogen and oxygen atoms in total. The van der Waals surface area contributed by atoms with Gasteiger partial charge in [0.15, 0.2) is 5.17 Å². The molecule has 5 atom stereocenters. The Balaban J connectivity index is 1.58. The molecule has 0 amide bonds. The van der Waals surface area contributed by atoms with Crippen molar-refractivity contribution in [3.63, 3.8) is 0 Å². The van der Waals surface area contributed by atoms with Crippen LogP contribution in [0.4, 0.5) is 0 Å². The van der Waals surface area contributed by atoms with Gasteiger partial charge in [0, 0.05) is 25.6 Å². The minimum absolute atomic E-state index is 0.0770. The third-order valence-corrected chi connectivity index (χ3v) is 6.05. The number of ether oxygens (including phenoxy) is 1. The Morgan fingerprint density at radius 3 is 2.83 bits per heavy atom. The molecule has 0 bridgehead atoms. The highest BCUT2D eigenvalue weighted by Gasteiger charge is 2.45. The van der Waals surface area contributed by atoms with E-state index in [1.165, 1.54) is 43.9 Å². The lowest BCUT2D eigenvalue weighted by molar-refractivity contribution is 0.00180. The molecule has 0 aromatic heterocycles.